The average molecular weight is 609 g/mol. The molecule has 1 amide bonds. The minimum absolute atomic E-state index is 0.00895. The highest BCUT2D eigenvalue weighted by Crippen LogP contribution is 2.46. The molecule has 0 N–H and O–H groups in total. The van der Waals surface area contributed by atoms with Gasteiger partial charge in [0.1, 0.15) is 5.41 Å². The van der Waals surface area contributed by atoms with E-state index in [4.69, 9.17) is 4.43 Å². The van der Waals surface area contributed by atoms with Gasteiger partial charge in [0.25, 0.3) is 5.91 Å². The fourth-order valence-corrected chi connectivity index (χ4v) is 9.00. The number of amides is 1. The number of pyridine rings is 1. The summed E-state index contributed by atoms with van der Waals surface area (Å²) in [6.45, 7) is 16.2. The third-order valence-electron chi connectivity index (χ3n) is 11.2. The molecule has 0 radical (unpaired) electrons. The Morgan fingerprint density at radius 3 is 2.39 bits per heavy atom. The number of hydrogen-bond acceptors (Lipinski definition) is 5. The number of benzene rings is 2. The predicted molar refractivity (Wildman–Crippen MR) is 179 cm³/mol. The molecule has 2 aromatic carbocycles. The summed E-state index contributed by atoms with van der Waals surface area (Å²) in [5.74, 6) is 0.160. The molecule has 1 aromatic heterocycles. The summed E-state index contributed by atoms with van der Waals surface area (Å²) >= 11 is 0. The van der Waals surface area contributed by atoms with Gasteiger partial charge < -0.3 is 9.33 Å². The van der Waals surface area contributed by atoms with Crippen molar-refractivity contribution in [2.75, 3.05) is 13.1 Å². The lowest BCUT2D eigenvalue weighted by atomic mass is 9.76. The molecule has 7 heteroatoms. The van der Waals surface area contributed by atoms with Crippen LogP contribution in [0.5, 0.6) is 0 Å². The smallest absolute Gasteiger partial charge is 0.255 e. The third kappa shape index (κ3) is 5.40. The number of fused-ring (bicyclic) bond motifs is 3. The van der Waals surface area contributed by atoms with Crippen LogP contribution in [0.1, 0.15) is 99.4 Å². The Kier molecular flexibility index (Phi) is 8.23. The van der Waals surface area contributed by atoms with Crippen LogP contribution in [0.15, 0.2) is 54.7 Å². The van der Waals surface area contributed by atoms with E-state index in [9.17, 15) is 10.1 Å². The van der Waals surface area contributed by atoms with Crippen LogP contribution in [0.2, 0.25) is 18.1 Å². The van der Waals surface area contributed by atoms with Gasteiger partial charge in [0.2, 0.25) is 0 Å². The molecule has 2 aliphatic heterocycles. The second kappa shape index (κ2) is 11.7. The number of nitrogens with zero attached hydrogens (tertiary/aromatic N) is 4. The van der Waals surface area contributed by atoms with Gasteiger partial charge in [-0.1, -0.05) is 63.9 Å². The minimum atomic E-state index is -1.99. The SMILES string of the molecule is CC1c2c(cc(CN3CCC(C#N)(c4ccccn4)CC3)c3ccccc23)C(=O)N1[C@H]1CCCC[C@@H]1O[Si](C)(C)C(C)(C)C. The normalized spacial score (nSPS) is 24.3. The molecule has 3 aromatic rings. The van der Waals surface area contributed by atoms with Gasteiger partial charge in [-0.05, 0) is 90.8 Å². The molecule has 6 rings (SSSR count). The molecule has 1 saturated heterocycles. The maximum Gasteiger partial charge on any atom is 0.255 e. The van der Waals surface area contributed by atoms with E-state index in [1.54, 1.807) is 6.20 Å². The van der Waals surface area contributed by atoms with Crippen molar-refractivity contribution in [2.24, 2.45) is 0 Å². The van der Waals surface area contributed by atoms with E-state index in [-0.39, 0.29) is 29.1 Å². The summed E-state index contributed by atoms with van der Waals surface area (Å²) in [4.78, 5) is 23.6. The Bertz CT molecular complexity index is 1570. The van der Waals surface area contributed by atoms with Crippen LogP contribution >= 0.6 is 0 Å². The summed E-state index contributed by atoms with van der Waals surface area (Å²) < 4.78 is 7.04. The standard InChI is InChI=1S/C37H48N4O2Si/c1-26-34-29-14-8-7-13-28(29)27(24-40-21-18-37(25-38,19-22-40)33-17-11-12-20-39-33)23-30(34)35(42)41(26)31-15-9-10-16-32(31)43-44(5,6)36(2,3)4/h7-8,11-14,17,20,23,26,31-32H,9-10,15-16,18-19,21-22,24H2,1-6H3/t26?,31-,32-/m0/s1. The third-order valence-corrected chi connectivity index (χ3v) is 15.7. The Morgan fingerprint density at radius 1 is 1.05 bits per heavy atom. The van der Waals surface area contributed by atoms with Gasteiger partial charge in [0.15, 0.2) is 8.32 Å². The molecule has 44 heavy (non-hydrogen) atoms. The Hall–Kier alpha value is -3.05. The molecule has 3 aliphatic rings. The number of likely N-dealkylation sites (tertiary alicyclic amines) is 1. The fourth-order valence-electron chi connectivity index (χ4n) is 7.62. The summed E-state index contributed by atoms with van der Waals surface area (Å²) in [6, 6.07) is 19.4. The number of carbonyl (C=O) groups is 1. The Balaban J connectivity index is 1.28. The molecule has 0 spiro atoms. The monoisotopic (exact) mass is 608 g/mol. The lowest BCUT2D eigenvalue weighted by Gasteiger charge is -2.46. The second-order valence-electron chi connectivity index (χ2n) is 14.9. The van der Waals surface area contributed by atoms with Crippen LogP contribution in [-0.4, -0.2) is 54.2 Å². The van der Waals surface area contributed by atoms with Crippen molar-refractivity contribution >= 4 is 25.0 Å². The number of carbonyl (C=O) groups excluding carboxylic acids is 1. The van der Waals surface area contributed by atoms with Crippen LogP contribution in [0.4, 0.5) is 0 Å². The first-order valence-electron chi connectivity index (χ1n) is 16.6. The number of rotatable bonds is 6. The minimum Gasteiger partial charge on any atom is -0.412 e. The van der Waals surface area contributed by atoms with Gasteiger partial charge in [-0.3, -0.25) is 14.7 Å². The number of hydrogen-bond donors (Lipinski definition) is 0. The molecule has 1 saturated carbocycles. The average Bonchev–Trinajstić information content (AvgIpc) is 3.26. The first kappa shape index (κ1) is 31.0. The zero-order chi connectivity index (χ0) is 31.3. The van der Waals surface area contributed by atoms with Crippen molar-refractivity contribution in [2.45, 2.75) is 114 Å². The van der Waals surface area contributed by atoms with Gasteiger partial charge in [0, 0.05) is 31.4 Å². The number of nitriles is 1. The maximum absolute atomic E-state index is 14.4. The number of piperidine rings is 1. The number of aromatic nitrogens is 1. The largest absolute Gasteiger partial charge is 0.412 e. The van der Waals surface area contributed by atoms with Crippen molar-refractivity contribution in [1.82, 2.24) is 14.8 Å². The lowest BCUT2D eigenvalue weighted by molar-refractivity contribution is 0.0150. The van der Waals surface area contributed by atoms with E-state index in [2.05, 4.69) is 92.0 Å². The van der Waals surface area contributed by atoms with E-state index < -0.39 is 13.7 Å². The van der Waals surface area contributed by atoms with Crippen molar-refractivity contribution in [3.05, 3.63) is 77.1 Å². The quantitative estimate of drug-likeness (QED) is 0.264. The molecule has 232 valence electrons. The molecular weight excluding hydrogens is 561 g/mol. The Labute approximate surface area is 264 Å². The summed E-state index contributed by atoms with van der Waals surface area (Å²) in [5, 5.41) is 12.7. The van der Waals surface area contributed by atoms with Crippen molar-refractivity contribution in [3.8, 4) is 6.07 Å². The predicted octanol–water partition coefficient (Wildman–Crippen LogP) is 8.14. The van der Waals surface area contributed by atoms with Crippen LogP contribution in [0.3, 0.4) is 0 Å². The second-order valence-corrected chi connectivity index (χ2v) is 19.6. The van der Waals surface area contributed by atoms with Crippen molar-refractivity contribution < 1.29 is 9.22 Å². The van der Waals surface area contributed by atoms with Gasteiger partial charge in [0.05, 0.1) is 30.0 Å². The molecule has 6 nitrogen and oxygen atoms in total. The first-order valence-corrected chi connectivity index (χ1v) is 19.5. The first-order chi connectivity index (χ1) is 21.0. The fraction of sp³-hybridized carbons (Fsp3) is 0.541. The van der Waals surface area contributed by atoms with E-state index >= 15 is 0 Å². The molecule has 1 unspecified atom stereocenters. The topological polar surface area (TPSA) is 69.5 Å². The van der Waals surface area contributed by atoms with Gasteiger partial charge in [-0.25, -0.2) is 0 Å². The zero-order valence-electron chi connectivity index (χ0n) is 27.4. The maximum atomic E-state index is 14.4. The van der Waals surface area contributed by atoms with Gasteiger partial charge >= 0.3 is 0 Å². The molecular formula is C37H48N4O2Si. The van der Waals surface area contributed by atoms with Crippen LogP contribution in [0.25, 0.3) is 10.8 Å². The van der Waals surface area contributed by atoms with Crippen LogP contribution < -0.4 is 0 Å². The van der Waals surface area contributed by atoms with E-state index in [1.807, 2.05) is 18.2 Å². The van der Waals surface area contributed by atoms with Crippen molar-refractivity contribution in [1.29, 1.82) is 5.26 Å². The highest BCUT2D eigenvalue weighted by molar-refractivity contribution is 6.74. The highest BCUT2D eigenvalue weighted by Gasteiger charge is 2.47. The van der Waals surface area contributed by atoms with E-state index in [0.717, 1.165) is 69.4 Å². The molecule has 3 atom stereocenters. The summed E-state index contributed by atoms with van der Waals surface area (Å²) in [5.41, 5.74) is 3.57. The molecule has 3 heterocycles. The molecule has 2 fully saturated rings. The highest BCUT2D eigenvalue weighted by atomic mass is 28.4. The molecule has 0 bridgehead atoms. The zero-order valence-corrected chi connectivity index (χ0v) is 28.4. The van der Waals surface area contributed by atoms with Crippen molar-refractivity contribution in [3.63, 3.8) is 0 Å². The van der Waals surface area contributed by atoms with Crippen LogP contribution in [-0.2, 0) is 16.4 Å². The summed E-state index contributed by atoms with van der Waals surface area (Å²) in [6.07, 6.45) is 7.70. The van der Waals surface area contributed by atoms with Gasteiger partial charge in [-0.15, -0.1) is 0 Å². The van der Waals surface area contributed by atoms with Crippen LogP contribution in [0, 0.1) is 11.3 Å². The molecule has 1 aliphatic carbocycles. The summed E-state index contributed by atoms with van der Waals surface area (Å²) in [7, 11) is -1.99. The lowest BCUT2D eigenvalue weighted by Crippen LogP contribution is -2.53. The Morgan fingerprint density at radius 2 is 1.73 bits per heavy atom. The van der Waals surface area contributed by atoms with E-state index in [0.29, 0.717) is 0 Å². The van der Waals surface area contributed by atoms with E-state index in [1.165, 1.54) is 21.9 Å². The van der Waals surface area contributed by atoms with Gasteiger partial charge in [-0.2, -0.15) is 5.26 Å².